The maximum atomic E-state index is 12.9. The predicted molar refractivity (Wildman–Crippen MR) is 128 cm³/mol. The molecule has 0 bridgehead atoms. The molecule has 32 heavy (non-hydrogen) atoms. The van der Waals surface area contributed by atoms with Crippen molar-refractivity contribution in [2.75, 3.05) is 13.1 Å². The highest BCUT2D eigenvalue weighted by atomic mass is 32.1. The molecule has 2 aromatic carbocycles. The summed E-state index contributed by atoms with van der Waals surface area (Å²) in [5, 5.41) is 3.64. The van der Waals surface area contributed by atoms with Crippen LogP contribution in [0.2, 0.25) is 0 Å². The van der Waals surface area contributed by atoms with Crippen LogP contribution in [0.1, 0.15) is 12.0 Å². The second-order valence-electron chi connectivity index (χ2n) is 8.15. The average molecular weight is 445 g/mol. The van der Waals surface area contributed by atoms with Crippen LogP contribution in [-0.2, 0) is 17.9 Å². The van der Waals surface area contributed by atoms with Crippen LogP contribution in [0.25, 0.3) is 20.7 Å². The summed E-state index contributed by atoms with van der Waals surface area (Å²) in [4.78, 5) is 34.0. The summed E-state index contributed by atoms with van der Waals surface area (Å²) in [5.74, 6) is -0.154. The van der Waals surface area contributed by atoms with Gasteiger partial charge >= 0.3 is 0 Å². The lowest BCUT2D eigenvalue weighted by Crippen LogP contribution is -2.40. The molecule has 0 aliphatic carbocycles. The number of carbonyl (C=O) groups excluding carboxylic acids is 1. The zero-order chi connectivity index (χ0) is 21.9. The molecule has 1 aliphatic rings. The molecule has 162 valence electrons. The number of hydrogen-bond donors (Lipinski definition) is 1. The van der Waals surface area contributed by atoms with Gasteiger partial charge in [0, 0.05) is 30.6 Å². The minimum Gasteiger partial charge on any atom is -0.350 e. The highest BCUT2D eigenvalue weighted by molar-refractivity contribution is 7.21. The molecule has 0 spiro atoms. The van der Waals surface area contributed by atoms with Crippen molar-refractivity contribution in [2.24, 2.45) is 0 Å². The van der Waals surface area contributed by atoms with Crippen LogP contribution in [0.3, 0.4) is 0 Å². The Bertz CT molecular complexity index is 1280. The fourth-order valence-corrected chi connectivity index (χ4v) is 5.18. The van der Waals surface area contributed by atoms with E-state index in [2.05, 4.69) is 27.3 Å². The molecule has 1 N–H and O–H groups in total. The van der Waals surface area contributed by atoms with Gasteiger partial charge in [-0.1, -0.05) is 60.7 Å². The highest BCUT2D eigenvalue weighted by Crippen LogP contribution is 2.30. The molecule has 1 aliphatic heterocycles. The van der Waals surface area contributed by atoms with Crippen molar-refractivity contribution < 1.29 is 4.79 Å². The van der Waals surface area contributed by atoms with Gasteiger partial charge in [-0.2, -0.15) is 0 Å². The first-order valence-electron chi connectivity index (χ1n) is 10.8. The van der Waals surface area contributed by atoms with Crippen molar-refractivity contribution in [1.29, 1.82) is 0 Å². The Kier molecular flexibility index (Phi) is 5.83. The second-order valence-corrected chi connectivity index (χ2v) is 9.18. The summed E-state index contributed by atoms with van der Waals surface area (Å²) < 4.78 is 1.40. The highest BCUT2D eigenvalue weighted by Gasteiger charge is 2.24. The van der Waals surface area contributed by atoms with E-state index in [0.717, 1.165) is 36.5 Å². The minimum absolute atomic E-state index is 0.0204. The Morgan fingerprint density at radius 3 is 2.62 bits per heavy atom. The Morgan fingerprint density at radius 1 is 1.09 bits per heavy atom. The third kappa shape index (κ3) is 4.49. The number of fused-ring (bicyclic) bond motifs is 1. The van der Waals surface area contributed by atoms with Gasteiger partial charge in [-0.05, 0) is 23.6 Å². The molecule has 1 saturated heterocycles. The van der Waals surface area contributed by atoms with Gasteiger partial charge in [0.25, 0.3) is 5.56 Å². The number of thiophene rings is 1. The fourth-order valence-electron chi connectivity index (χ4n) is 4.18. The molecule has 1 fully saturated rings. The molecule has 7 heteroatoms. The Morgan fingerprint density at radius 2 is 1.84 bits per heavy atom. The monoisotopic (exact) mass is 444 g/mol. The van der Waals surface area contributed by atoms with Gasteiger partial charge in [0.05, 0.1) is 11.7 Å². The standard InChI is InChI=1S/C25H24N4O2S/c30-23(27-20-11-12-28(15-20)14-18-7-3-1-4-8-18)16-29-17-26-24-21(25(29)31)13-22(32-24)19-9-5-2-6-10-19/h1-10,13,17,20H,11-12,14-16H2,(H,27,30). The van der Waals surface area contributed by atoms with Crippen molar-refractivity contribution in [3.05, 3.63) is 89.0 Å². The molecule has 1 amide bonds. The quantitative estimate of drug-likeness (QED) is 0.494. The average Bonchev–Trinajstić information content (AvgIpc) is 3.44. The SMILES string of the molecule is O=C(Cn1cnc2sc(-c3ccccc3)cc2c1=O)NC1CCN(Cc2ccccc2)C1. The van der Waals surface area contributed by atoms with Gasteiger partial charge in [0.15, 0.2) is 0 Å². The van der Waals surface area contributed by atoms with Gasteiger partial charge < -0.3 is 5.32 Å². The van der Waals surface area contributed by atoms with E-state index < -0.39 is 0 Å². The van der Waals surface area contributed by atoms with Crippen LogP contribution in [0, 0.1) is 0 Å². The van der Waals surface area contributed by atoms with E-state index >= 15 is 0 Å². The Labute approximate surface area is 190 Å². The zero-order valence-corrected chi connectivity index (χ0v) is 18.4. The van der Waals surface area contributed by atoms with Gasteiger partial charge in [0.2, 0.25) is 5.91 Å². The lowest BCUT2D eigenvalue weighted by Gasteiger charge is -2.17. The third-order valence-corrected chi connectivity index (χ3v) is 6.87. The van der Waals surface area contributed by atoms with E-state index in [1.54, 1.807) is 0 Å². The van der Waals surface area contributed by atoms with E-state index in [1.165, 1.54) is 27.8 Å². The number of nitrogens with one attached hydrogen (secondary N) is 1. The molecule has 6 nitrogen and oxygen atoms in total. The molecular formula is C25H24N4O2S. The number of nitrogens with zero attached hydrogens (tertiary/aromatic N) is 3. The van der Waals surface area contributed by atoms with Crippen molar-refractivity contribution >= 4 is 27.5 Å². The maximum Gasteiger partial charge on any atom is 0.262 e. The van der Waals surface area contributed by atoms with E-state index in [4.69, 9.17) is 0 Å². The topological polar surface area (TPSA) is 67.2 Å². The van der Waals surface area contributed by atoms with Gasteiger partial charge in [0.1, 0.15) is 11.4 Å². The van der Waals surface area contributed by atoms with Crippen LogP contribution < -0.4 is 10.9 Å². The minimum atomic E-state index is -0.180. The summed E-state index contributed by atoms with van der Waals surface area (Å²) >= 11 is 1.49. The summed E-state index contributed by atoms with van der Waals surface area (Å²) in [6.07, 6.45) is 2.39. The number of carbonyl (C=O) groups is 1. The van der Waals surface area contributed by atoms with Crippen LogP contribution in [0.15, 0.2) is 77.9 Å². The number of amides is 1. The van der Waals surface area contributed by atoms with Gasteiger partial charge in [-0.15, -0.1) is 11.3 Å². The number of hydrogen-bond acceptors (Lipinski definition) is 5. The van der Waals surface area contributed by atoms with Crippen LogP contribution >= 0.6 is 11.3 Å². The summed E-state index contributed by atoms with van der Waals surface area (Å²) in [6.45, 7) is 2.63. The van der Waals surface area contributed by atoms with E-state index in [9.17, 15) is 9.59 Å². The van der Waals surface area contributed by atoms with Crippen LogP contribution in [0.4, 0.5) is 0 Å². The summed E-state index contributed by atoms with van der Waals surface area (Å²) in [6, 6.07) is 22.3. The number of rotatable bonds is 6. The van der Waals surface area contributed by atoms with Crippen LogP contribution in [0.5, 0.6) is 0 Å². The van der Waals surface area contributed by atoms with Crippen molar-refractivity contribution in [1.82, 2.24) is 19.8 Å². The zero-order valence-electron chi connectivity index (χ0n) is 17.6. The van der Waals surface area contributed by atoms with E-state index in [1.807, 2.05) is 54.6 Å². The summed E-state index contributed by atoms with van der Waals surface area (Å²) in [5.41, 5.74) is 2.15. The number of benzene rings is 2. The molecule has 0 radical (unpaired) electrons. The van der Waals surface area contributed by atoms with E-state index in [-0.39, 0.29) is 24.1 Å². The normalized spacial score (nSPS) is 16.4. The molecule has 3 heterocycles. The molecular weight excluding hydrogens is 420 g/mol. The second kappa shape index (κ2) is 9.06. The molecule has 1 unspecified atom stereocenters. The fraction of sp³-hybridized carbons (Fsp3) is 0.240. The van der Waals surface area contributed by atoms with Crippen LogP contribution in [-0.4, -0.2) is 39.5 Å². The molecule has 0 saturated carbocycles. The third-order valence-electron chi connectivity index (χ3n) is 5.78. The number of aromatic nitrogens is 2. The predicted octanol–water partition coefficient (Wildman–Crippen LogP) is 3.52. The van der Waals surface area contributed by atoms with Gasteiger partial charge in [-0.25, -0.2) is 4.98 Å². The van der Waals surface area contributed by atoms with Crippen molar-refractivity contribution in [3.63, 3.8) is 0 Å². The van der Waals surface area contributed by atoms with Crippen molar-refractivity contribution in [3.8, 4) is 10.4 Å². The number of likely N-dealkylation sites (tertiary alicyclic amines) is 1. The first-order valence-corrected chi connectivity index (χ1v) is 11.6. The lowest BCUT2D eigenvalue weighted by molar-refractivity contribution is -0.122. The molecule has 5 rings (SSSR count). The van der Waals surface area contributed by atoms with E-state index in [0.29, 0.717) is 10.2 Å². The lowest BCUT2D eigenvalue weighted by atomic mass is 10.2. The largest absolute Gasteiger partial charge is 0.350 e. The van der Waals surface area contributed by atoms with Gasteiger partial charge in [-0.3, -0.25) is 19.1 Å². The first kappa shape index (κ1) is 20.6. The smallest absolute Gasteiger partial charge is 0.262 e. The Balaban J connectivity index is 1.23. The maximum absolute atomic E-state index is 12.9. The molecule has 2 aromatic heterocycles. The first-order chi connectivity index (χ1) is 15.7. The molecule has 4 aromatic rings. The van der Waals surface area contributed by atoms with Crippen molar-refractivity contribution in [2.45, 2.75) is 25.6 Å². The Hall–Kier alpha value is -3.29. The molecule has 1 atom stereocenters. The summed E-state index contributed by atoms with van der Waals surface area (Å²) in [7, 11) is 0.